The van der Waals surface area contributed by atoms with E-state index in [-0.39, 0.29) is 5.15 Å². The van der Waals surface area contributed by atoms with E-state index in [0.29, 0.717) is 11.0 Å². The molecule has 0 radical (unpaired) electrons. The Morgan fingerprint density at radius 2 is 2.33 bits per heavy atom. The van der Waals surface area contributed by atoms with Crippen molar-refractivity contribution in [3.8, 4) is 0 Å². The van der Waals surface area contributed by atoms with Gasteiger partial charge in [0.1, 0.15) is 0 Å². The average molecular weight is 186 g/mol. The molecule has 2 heterocycles. The van der Waals surface area contributed by atoms with Crippen LogP contribution in [0.4, 0.5) is 4.39 Å². The number of hydrogen-bond donors (Lipinski definition) is 0. The van der Waals surface area contributed by atoms with Crippen molar-refractivity contribution in [2.24, 2.45) is 7.05 Å². The van der Waals surface area contributed by atoms with Crippen molar-refractivity contribution in [1.82, 2.24) is 14.8 Å². The van der Waals surface area contributed by atoms with Crippen LogP contribution in [0.1, 0.15) is 0 Å². The first-order valence-corrected chi connectivity index (χ1v) is 3.70. The highest BCUT2D eigenvalue weighted by atomic mass is 35.5. The number of aryl methyl sites for hydroxylation is 1. The van der Waals surface area contributed by atoms with Gasteiger partial charge in [0, 0.05) is 12.4 Å². The number of nitrogens with zero attached hydrogens (tertiary/aromatic N) is 3. The van der Waals surface area contributed by atoms with E-state index in [0.717, 1.165) is 0 Å². The molecule has 0 saturated heterocycles. The van der Waals surface area contributed by atoms with Gasteiger partial charge < -0.3 is 0 Å². The minimum absolute atomic E-state index is 0.119. The quantitative estimate of drug-likeness (QED) is 0.586. The summed E-state index contributed by atoms with van der Waals surface area (Å²) in [5.41, 5.74) is 0.585. The summed E-state index contributed by atoms with van der Waals surface area (Å²) in [6, 6.07) is 1.32. The summed E-state index contributed by atoms with van der Waals surface area (Å²) >= 11 is 5.49. The molecule has 62 valence electrons. The minimum Gasteiger partial charge on any atom is -0.250 e. The van der Waals surface area contributed by atoms with Crippen LogP contribution in [0.2, 0.25) is 5.15 Å². The SMILES string of the molecule is Cn1ncc2cc(F)c(Cl)nc21. The van der Waals surface area contributed by atoms with Gasteiger partial charge >= 0.3 is 0 Å². The summed E-state index contributed by atoms with van der Waals surface area (Å²) < 4.78 is 14.4. The van der Waals surface area contributed by atoms with Crippen LogP contribution in [0.25, 0.3) is 11.0 Å². The fraction of sp³-hybridized carbons (Fsp3) is 0.143. The molecular formula is C7H5ClFN3. The van der Waals surface area contributed by atoms with Crippen LogP contribution in [0.15, 0.2) is 12.3 Å². The van der Waals surface area contributed by atoms with Crippen LogP contribution < -0.4 is 0 Å². The van der Waals surface area contributed by atoms with Crippen molar-refractivity contribution in [3.63, 3.8) is 0 Å². The Balaban J connectivity index is 2.87. The zero-order valence-corrected chi connectivity index (χ0v) is 7.01. The van der Waals surface area contributed by atoms with Crippen LogP contribution in [0.5, 0.6) is 0 Å². The van der Waals surface area contributed by atoms with Crippen LogP contribution in [0.3, 0.4) is 0 Å². The van der Waals surface area contributed by atoms with Gasteiger partial charge in [-0.25, -0.2) is 9.37 Å². The molecule has 0 unspecified atom stereocenters. The van der Waals surface area contributed by atoms with Crippen molar-refractivity contribution < 1.29 is 4.39 Å². The summed E-state index contributed by atoms with van der Waals surface area (Å²) in [6.07, 6.45) is 1.54. The van der Waals surface area contributed by atoms with Gasteiger partial charge in [-0.3, -0.25) is 4.68 Å². The zero-order chi connectivity index (χ0) is 8.72. The molecule has 2 aromatic rings. The smallest absolute Gasteiger partial charge is 0.167 e. The summed E-state index contributed by atoms with van der Waals surface area (Å²) in [5.74, 6) is -0.517. The van der Waals surface area contributed by atoms with Crippen molar-refractivity contribution >= 4 is 22.6 Å². The molecule has 2 rings (SSSR count). The molecule has 2 aromatic heterocycles. The fourth-order valence-corrected chi connectivity index (χ4v) is 1.16. The topological polar surface area (TPSA) is 30.7 Å². The molecule has 0 aliphatic rings. The molecular weight excluding hydrogens is 181 g/mol. The Hall–Kier alpha value is -1.16. The van der Waals surface area contributed by atoms with Crippen LogP contribution in [0, 0.1) is 5.82 Å². The van der Waals surface area contributed by atoms with Crippen molar-refractivity contribution in [1.29, 1.82) is 0 Å². The Kier molecular flexibility index (Phi) is 1.51. The summed E-state index contributed by atoms with van der Waals surface area (Å²) in [4.78, 5) is 3.83. The molecule has 12 heavy (non-hydrogen) atoms. The van der Waals surface area contributed by atoms with E-state index in [1.54, 1.807) is 17.9 Å². The van der Waals surface area contributed by atoms with Gasteiger partial charge in [-0.05, 0) is 6.07 Å². The van der Waals surface area contributed by atoms with Crippen molar-refractivity contribution in [2.45, 2.75) is 0 Å². The summed E-state index contributed by atoms with van der Waals surface area (Å²) in [7, 11) is 1.73. The molecule has 0 aliphatic carbocycles. The van der Waals surface area contributed by atoms with Crippen LogP contribution >= 0.6 is 11.6 Å². The maximum absolute atomic E-state index is 12.8. The largest absolute Gasteiger partial charge is 0.250 e. The highest BCUT2D eigenvalue weighted by molar-refractivity contribution is 6.29. The van der Waals surface area contributed by atoms with E-state index in [1.165, 1.54) is 6.07 Å². The van der Waals surface area contributed by atoms with Gasteiger partial charge in [0.15, 0.2) is 16.6 Å². The molecule has 0 N–H and O–H groups in total. The molecule has 5 heteroatoms. The second-order valence-electron chi connectivity index (χ2n) is 2.44. The van der Waals surface area contributed by atoms with Gasteiger partial charge in [-0.15, -0.1) is 0 Å². The van der Waals surface area contributed by atoms with Crippen molar-refractivity contribution in [2.75, 3.05) is 0 Å². The van der Waals surface area contributed by atoms with Crippen LogP contribution in [-0.4, -0.2) is 14.8 Å². The maximum atomic E-state index is 12.8. The fourth-order valence-electron chi connectivity index (χ4n) is 1.03. The first-order chi connectivity index (χ1) is 5.68. The van der Waals surface area contributed by atoms with E-state index >= 15 is 0 Å². The molecule has 0 atom stereocenters. The predicted octanol–water partition coefficient (Wildman–Crippen LogP) is 1.76. The molecule has 0 saturated carbocycles. The van der Waals surface area contributed by atoms with Crippen LogP contribution in [-0.2, 0) is 7.05 Å². The van der Waals surface area contributed by atoms with E-state index in [4.69, 9.17) is 11.6 Å². The highest BCUT2D eigenvalue weighted by Gasteiger charge is 2.06. The lowest BCUT2D eigenvalue weighted by Crippen LogP contribution is -1.92. The molecule has 0 aromatic carbocycles. The Morgan fingerprint density at radius 3 is 3.08 bits per heavy atom. The van der Waals surface area contributed by atoms with E-state index in [9.17, 15) is 4.39 Å². The molecule has 0 aliphatic heterocycles. The third kappa shape index (κ3) is 0.956. The highest BCUT2D eigenvalue weighted by Crippen LogP contribution is 2.17. The minimum atomic E-state index is -0.517. The van der Waals surface area contributed by atoms with E-state index in [2.05, 4.69) is 10.1 Å². The third-order valence-corrected chi connectivity index (χ3v) is 1.88. The van der Waals surface area contributed by atoms with Gasteiger partial charge in [0.2, 0.25) is 0 Å². The number of hydrogen-bond acceptors (Lipinski definition) is 2. The van der Waals surface area contributed by atoms with Gasteiger partial charge in [0.05, 0.1) is 6.20 Å². The standard InChI is InChI=1S/C7H5ClFN3/c1-12-7-4(3-10-12)2-5(9)6(8)11-7/h2-3H,1H3. The lowest BCUT2D eigenvalue weighted by Gasteiger charge is -1.94. The molecule has 0 amide bonds. The Bertz CT molecular complexity index is 437. The van der Waals surface area contributed by atoms with E-state index < -0.39 is 5.82 Å². The zero-order valence-electron chi connectivity index (χ0n) is 6.25. The normalized spacial score (nSPS) is 10.9. The first-order valence-electron chi connectivity index (χ1n) is 3.32. The number of aromatic nitrogens is 3. The van der Waals surface area contributed by atoms with Gasteiger partial charge in [-0.2, -0.15) is 5.10 Å². The molecule has 0 fully saturated rings. The Morgan fingerprint density at radius 1 is 1.58 bits per heavy atom. The first kappa shape index (κ1) is 7.49. The second kappa shape index (κ2) is 2.42. The average Bonchev–Trinajstić information content (AvgIpc) is 2.35. The molecule has 0 bridgehead atoms. The lowest BCUT2D eigenvalue weighted by atomic mass is 10.3. The number of pyridine rings is 1. The predicted molar refractivity (Wildman–Crippen MR) is 43.5 cm³/mol. The second-order valence-corrected chi connectivity index (χ2v) is 2.80. The Labute approximate surface area is 72.8 Å². The number of halogens is 2. The summed E-state index contributed by atoms with van der Waals surface area (Å²) in [5, 5.41) is 4.44. The molecule has 0 spiro atoms. The lowest BCUT2D eigenvalue weighted by molar-refractivity contribution is 0.624. The monoisotopic (exact) mass is 185 g/mol. The van der Waals surface area contributed by atoms with E-state index in [1.807, 2.05) is 0 Å². The van der Waals surface area contributed by atoms with Gasteiger partial charge in [0.25, 0.3) is 0 Å². The van der Waals surface area contributed by atoms with Gasteiger partial charge in [-0.1, -0.05) is 11.6 Å². The summed E-state index contributed by atoms with van der Waals surface area (Å²) in [6.45, 7) is 0. The third-order valence-electron chi connectivity index (χ3n) is 1.62. The maximum Gasteiger partial charge on any atom is 0.167 e. The number of rotatable bonds is 0. The number of fused-ring (bicyclic) bond motifs is 1. The molecule has 3 nitrogen and oxygen atoms in total. The van der Waals surface area contributed by atoms with Crippen molar-refractivity contribution in [3.05, 3.63) is 23.2 Å².